The number of benzene rings is 3. The second-order valence-corrected chi connectivity index (χ2v) is 11.3. The Labute approximate surface area is 240 Å². The van der Waals surface area contributed by atoms with Gasteiger partial charge in [0, 0.05) is 61.3 Å². The molecule has 0 spiro atoms. The second-order valence-electron chi connectivity index (χ2n) is 10.8. The fourth-order valence-corrected chi connectivity index (χ4v) is 6.37. The first-order valence-corrected chi connectivity index (χ1v) is 14.4. The van der Waals surface area contributed by atoms with E-state index in [0.29, 0.717) is 31.4 Å². The quantitative estimate of drug-likeness (QED) is 0.298. The molecule has 0 N–H and O–H groups in total. The Kier molecular flexibility index (Phi) is 7.55. The fraction of sp³-hybridized carbons (Fsp3) is 0.303. The maximum Gasteiger partial charge on any atom is 0.272 e. The third-order valence-electron chi connectivity index (χ3n) is 8.30. The number of para-hydroxylation sites is 2. The molecular formula is C33H33ClN4O2. The van der Waals surface area contributed by atoms with Crippen molar-refractivity contribution in [3.05, 3.63) is 107 Å². The Hall–Kier alpha value is -3.74. The van der Waals surface area contributed by atoms with Gasteiger partial charge in [0.05, 0.1) is 5.52 Å². The summed E-state index contributed by atoms with van der Waals surface area (Å²) in [4.78, 5) is 38.1. The SMILES string of the molecule is CC(=O)N1CC[C@H]2CC[C@@H](CN(C(=O)c3ccc4ccccc4n3)Cc3ccccc31)N2Cc1ccc(Cl)cc1. The van der Waals surface area contributed by atoms with Gasteiger partial charge in [-0.3, -0.25) is 14.5 Å². The number of fused-ring (bicyclic) bond motifs is 4. The predicted octanol–water partition coefficient (Wildman–Crippen LogP) is 6.32. The second kappa shape index (κ2) is 11.4. The zero-order valence-electron chi connectivity index (χ0n) is 22.7. The van der Waals surface area contributed by atoms with Crippen molar-refractivity contribution in [2.45, 2.75) is 51.4 Å². The molecule has 6 nitrogen and oxygen atoms in total. The molecule has 1 saturated heterocycles. The van der Waals surface area contributed by atoms with Crippen LogP contribution < -0.4 is 4.90 Å². The lowest BCUT2D eigenvalue weighted by Crippen LogP contribution is -2.45. The molecule has 2 atom stereocenters. The molecule has 0 radical (unpaired) electrons. The van der Waals surface area contributed by atoms with Crippen LogP contribution in [0.25, 0.3) is 10.9 Å². The van der Waals surface area contributed by atoms with Crippen molar-refractivity contribution >= 4 is 40.0 Å². The lowest BCUT2D eigenvalue weighted by molar-refractivity contribution is -0.116. The number of halogens is 1. The third-order valence-corrected chi connectivity index (χ3v) is 8.55. The van der Waals surface area contributed by atoms with Crippen LogP contribution in [0.4, 0.5) is 5.69 Å². The van der Waals surface area contributed by atoms with Gasteiger partial charge < -0.3 is 9.80 Å². The number of hydrogen-bond acceptors (Lipinski definition) is 4. The molecule has 2 aliphatic heterocycles. The van der Waals surface area contributed by atoms with Crippen LogP contribution in [0, 0.1) is 0 Å². The first kappa shape index (κ1) is 26.5. The third kappa shape index (κ3) is 5.47. The van der Waals surface area contributed by atoms with Crippen molar-refractivity contribution in [2.75, 3.05) is 18.0 Å². The highest BCUT2D eigenvalue weighted by atomic mass is 35.5. The van der Waals surface area contributed by atoms with Crippen LogP contribution in [-0.4, -0.2) is 51.8 Å². The highest BCUT2D eigenvalue weighted by Gasteiger charge is 2.37. The summed E-state index contributed by atoms with van der Waals surface area (Å²) in [5, 5.41) is 1.73. The molecule has 1 aromatic heterocycles. The van der Waals surface area contributed by atoms with E-state index in [9.17, 15) is 9.59 Å². The molecule has 4 aromatic rings. The summed E-state index contributed by atoms with van der Waals surface area (Å²) in [7, 11) is 0. The molecule has 2 amide bonds. The molecule has 0 aliphatic carbocycles. The van der Waals surface area contributed by atoms with Gasteiger partial charge in [-0.1, -0.05) is 66.2 Å². The van der Waals surface area contributed by atoms with Gasteiger partial charge in [0.2, 0.25) is 5.91 Å². The van der Waals surface area contributed by atoms with E-state index in [0.717, 1.165) is 53.0 Å². The lowest BCUT2D eigenvalue weighted by Gasteiger charge is -2.34. The fourth-order valence-electron chi connectivity index (χ4n) is 6.24. The summed E-state index contributed by atoms with van der Waals surface area (Å²) in [5.74, 6) is -0.0800. The number of pyridine rings is 1. The van der Waals surface area contributed by atoms with Crippen LogP contribution in [0.1, 0.15) is 47.8 Å². The molecule has 204 valence electrons. The van der Waals surface area contributed by atoms with Crippen LogP contribution in [-0.2, 0) is 17.9 Å². The minimum atomic E-state index is -0.0935. The summed E-state index contributed by atoms with van der Waals surface area (Å²) in [6.07, 6.45) is 2.90. The normalized spacial score (nSPS) is 19.8. The maximum absolute atomic E-state index is 14.1. The van der Waals surface area contributed by atoms with Crippen molar-refractivity contribution in [3.63, 3.8) is 0 Å². The molecule has 40 heavy (non-hydrogen) atoms. The number of aromatic nitrogens is 1. The summed E-state index contributed by atoms with van der Waals surface area (Å²) in [6.45, 7) is 4.03. The number of rotatable bonds is 3. The predicted molar refractivity (Wildman–Crippen MR) is 159 cm³/mol. The molecule has 7 heteroatoms. The molecule has 1 fully saturated rings. The topological polar surface area (TPSA) is 56.8 Å². The Bertz CT molecular complexity index is 1540. The monoisotopic (exact) mass is 552 g/mol. The van der Waals surface area contributed by atoms with Crippen LogP contribution in [0.15, 0.2) is 84.9 Å². The smallest absolute Gasteiger partial charge is 0.272 e. The van der Waals surface area contributed by atoms with Gasteiger partial charge >= 0.3 is 0 Å². The minimum Gasteiger partial charge on any atom is -0.331 e. The highest BCUT2D eigenvalue weighted by Crippen LogP contribution is 2.33. The zero-order valence-corrected chi connectivity index (χ0v) is 23.4. The Morgan fingerprint density at radius 2 is 1.62 bits per heavy atom. The molecule has 3 aromatic carbocycles. The summed E-state index contributed by atoms with van der Waals surface area (Å²) < 4.78 is 0. The van der Waals surface area contributed by atoms with Crippen molar-refractivity contribution in [3.8, 4) is 0 Å². The zero-order chi connectivity index (χ0) is 27.6. The maximum atomic E-state index is 14.1. The van der Waals surface area contributed by atoms with Crippen molar-refractivity contribution in [1.29, 1.82) is 0 Å². The van der Waals surface area contributed by atoms with E-state index in [1.165, 1.54) is 5.56 Å². The highest BCUT2D eigenvalue weighted by molar-refractivity contribution is 6.30. The van der Waals surface area contributed by atoms with Crippen LogP contribution >= 0.6 is 11.6 Å². The van der Waals surface area contributed by atoms with E-state index in [2.05, 4.69) is 17.0 Å². The standard InChI is InChI=1S/C33H33ClN4O2/c1-23(39)37-19-18-28-15-16-29(38(28)20-24-10-13-27(34)14-11-24)22-36(21-26-7-3-5-9-32(26)37)33(40)31-17-12-25-6-2-4-8-30(25)35-31/h2-14,17,28-29H,15-16,18-22H2,1H3/t28-,29+/m1/s1. The van der Waals surface area contributed by atoms with Crippen molar-refractivity contribution in [2.24, 2.45) is 0 Å². The van der Waals surface area contributed by atoms with Gasteiger partial charge in [-0.25, -0.2) is 4.98 Å². The largest absolute Gasteiger partial charge is 0.331 e. The van der Waals surface area contributed by atoms with Gasteiger partial charge in [0.1, 0.15) is 5.69 Å². The van der Waals surface area contributed by atoms with E-state index >= 15 is 0 Å². The number of carbonyl (C=O) groups excluding carboxylic acids is 2. The van der Waals surface area contributed by atoms with Crippen LogP contribution in [0.5, 0.6) is 0 Å². The average Bonchev–Trinajstić information content (AvgIpc) is 3.33. The van der Waals surface area contributed by atoms with E-state index < -0.39 is 0 Å². The minimum absolute atomic E-state index is 0.0135. The van der Waals surface area contributed by atoms with E-state index in [4.69, 9.17) is 16.6 Å². The number of nitrogens with zero attached hydrogens (tertiary/aromatic N) is 4. The number of carbonyl (C=O) groups is 2. The number of amides is 2. The molecule has 6 rings (SSSR count). The van der Waals surface area contributed by atoms with E-state index in [1.54, 1.807) is 6.92 Å². The summed E-state index contributed by atoms with van der Waals surface area (Å²) in [5.41, 5.74) is 4.28. The number of hydrogen-bond donors (Lipinski definition) is 0. The van der Waals surface area contributed by atoms with E-state index in [-0.39, 0.29) is 17.9 Å². The van der Waals surface area contributed by atoms with Gasteiger partial charge in [-0.05, 0) is 60.7 Å². The van der Waals surface area contributed by atoms with Gasteiger partial charge in [0.25, 0.3) is 5.91 Å². The first-order valence-electron chi connectivity index (χ1n) is 14.0. The molecule has 2 aliphatic rings. The van der Waals surface area contributed by atoms with Gasteiger partial charge in [-0.15, -0.1) is 0 Å². The molecule has 2 bridgehead atoms. The van der Waals surface area contributed by atoms with Crippen molar-refractivity contribution < 1.29 is 9.59 Å². The van der Waals surface area contributed by atoms with E-state index in [1.807, 2.05) is 82.6 Å². The molecule has 0 unspecified atom stereocenters. The Morgan fingerprint density at radius 3 is 2.45 bits per heavy atom. The molecular weight excluding hydrogens is 520 g/mol. The summed E-state index contributed by atoms with van der Waals surface area (Å²) >= 11 is 6.17. The van der Waals surface area contributed by atoms with Crippen LogP contribution in [0.2, 0.25) is 5.02 Å². The lowest BCUT2D eigenvalue weighted by atomic mass is 10.1. The Morgan fingerprint density at radius 1 is 0.875 bits per heavy atom. The van der Waals surface area contributed by atoms with Crippen LogP contribution in [0.3, 0.4) is 0 Å². The number of anilines is 1. The van der Waals surface area contributed by atoms with Gasteiger partial charge in [0.15, 0.2) is 0 Å². The molecule has 0 saturated carbocycles. The summed E-state index contributed by atoms with van der Waals surface area (Å²) in [6, 6.07) is 28.1. The molecule has 3 heterocycles. The van der Waals surface area contributed by atoms with Crippen molar-refractivity contribution in [1.82, 2.24) is 14.8 Å². The average molecular weight is 553 g/mol. The first-order chi connectivity index (χ1) is 19.5. The Balaban J connectivity index is 1.39. The van der Waals surface area contributed by atoms with Gasteiger partial charge in [-0.2, -0.15) is 0 Å².